The van der Waals surface area contributed by atoms with Gasteiger partial charge in [-0.25, -0.2) is 0 Å². The number of piperazine rings is 1. The number of aromatic nitrogens is 1. The number of amides is 1. The van der Waals surface area contributed by atoms with Crippen LogP contribution in [0.4, 0.5) is 0 Å². The van der Waals surface area contributed by atoms with Gasteiger partial charge in [0.25, 0.3) is 0 Å². The van der Waals surface area contributed by atoms with Gasteiger partial charge < -0.3 is 14.8 Å². The maximum Gasteiger partial charge on any atom is 0.224 e. The van der Waals surface area contributed by atoms with Gasteiger partial charge in [0.2, 0.25) is 5.91 Å². The highest BCUT2D eigenvalue weighted by Crippen LogP contribution is 2.10. The van der Waals surface area contributed by atoms with Crippen molar-refractivity contribution >= 4 is 5.91 Å². The van der Waals surface area contributed by atoms with Crippen LogP contribution in [0.3, 0.4) is 0 Å². The summed E-state index contributed by atoms with van der Waals surface area (Å²) >= 11 is 0. The topological polar surface area (TPSA) is 40.5 Å². The predicted octanol–water partition coefficient (Wildman–Crippen LogP) is 1.77. The van der Waals surface area contributed by atoms with Crippen LogP contribution in [0.1, 0.15) is 12.5 Å². The van der Waals surface area contributed by atoms with Crippen molar-refractivity contribution in [3.8, 4) is 5.69 Å². The fourth-order valence-electron chi connectivity index (χ4n) is 3.22. The molecule has 0 saturated carbocycles. The molecule has 1 saturated heterocycles. The van der Waals surface area contributed by atoms with Crippen molar-refractivity contribution in [1.29, 1.82) is 0 Å². The number of hydrogen-bond donors (Lipinski definition) is 1. The molecule has 1 aromatic carbocycles. The smallest absolute Gasteiger partial charge is 0.224 e. The number of carbonyl (C=O) groups is 1. The van der Waals surface area contributed by atoms with E-state index in [2.05, 4.69) is 38.7 Å². The highest BCUT2D eigenvalue weighted by molar-refractivity contribution is 5.78. The summed E-state index contributed by atoms with van der Waals surface area (Å²) in [5, 5.41) is 3.05. The molecule has 0 unspecified atom stereocenters. The van der Waals surface area contributed by atoms with Gasteiger partial charge in [-0.15, -0.1) is 0 Å². The number of likely N-dealkylation sites (N-methyl/N-ethyl adjacent to an activating group) is 1. The van der Waals surface area contributed by atoms with Crippen molar-refractivity contribution < 1.29 is 4.79 Å². The zero-order chi connectivity index (χ0) is 17.5. The van der Waals surface area contributed by atoms with Crippen molar-refractivity contribution in [2.75, 3.05) is 45.8 Å². The van der Waals surface area contributed by atoms with Crippen LogP contribution >= 0.6 is 0 Å². The molecule has 1 amide bonds. The molecule has 0 atom stereocenters. The van der Waals surface area contributed by atoms with E-state index in [-0.39, 0.29) is 5.91 Å². The molecule has 3 rings (SSSR count). The average Bonchev–Trinajstić information content (AvgIpc) is 3.18. The summed E-state index contributed by atoms with van der Waals surface area (Å²) in [7, 11) is 0. The molecule has 5 heteroatoms. The third-order valence-electron chi connectivity index (χ3n) is 4.87. The minimum absolute atomic E-state index is 0.0981. The van der Waals surface area contributed by atoms with E-state index in [0.717, 1.165) is 57.1 Å². The number of carbonyl (C=O) groups excluding carboxylic acids is 1. The fourth-order valence-corrected chi connectivity index (χ4v) is 3.22. The fraction of sp³-hybridized carbons (Fsp3) is 0.450. The Morgan fingerprint density at radius 3 is 2.28 bits per heavy atom. The van der Waals surface area contributed by atoms with E-state index in [1.54, 1.807) is 0 Å². The van der Waals surface area contributed by atoms with Gasteiger partial charge in [0.05, 0.1) is 6.42 Å². The summed E-state index contributed by atoms with van der Waals surface area (Å²) in [5.41, 5.74) is 2.16. The first kappa shape index (κ1) is 17.7. The quantitative estimate of drug-likeness (QED) is 0.835. The van der Waals surface area contributed by atoms with Crippen molar-refractivity contribution in [1.82, 2.24) is 19.7 Å². The molecule has 134 valence electrons. The number of nitrogens with one attached hydrogen (secondary N) is 1. The van der Waals surface area contributed by atoms with Crippen LogP contribution in [0.25, 0.3) is 5.69 Å². The predicted molar refractivity (Wildman–Crippen MR) is 101 cm³/mol. The van der Waals surface area contributed by atoms with Gasteiger partial charge in [-0.3, -0.25) is 9.69 Å². The maximum absolute atomic E-state index is 12.1. The average molecular weight is 340 g/mol. The molecule has 0 radical (unpaired) electrons. The van der Waals surface area contributed by atoms with E-state index in [1.807, 2.05) is 36.7 Å². The standard InChI is InChI=1S/C20H28N4O/c1-2-22-13-15-23(16-14-22)12-9-21-20(25)17-18-5-7-19(8-6-18)24-10-3-4-11-24/h3-8,10-11H,2,9,12-17H2,1H3,(H,21,25). The molecule has 1 aliphatic rings. The molecule has 2 aromatic rings. The first-order chi connectivity index (χ1) is 12.2. The Labute approximate surface area is 150 Å². The summed E-state index contributed by atoms with van der Waals surface area (Å²) in [6.07, 6.45) is 4.47. The van der Waals surface area contributed by atoms with Crippen LogP contribution in [-0.2, 0) is 11.2 Å². The molecule has 0 spiro atoms. The summed E-state index contributed by atoms with van der Waals surface area (Å²) in [6, 6.07) is 12.2. The molecule has 1 aliphatic heterocycles. The summed E-state index contributed by atoms with van der Waals surface area (Å²) < 4.78 is 2.06. The van der Waals surface area contributed by atoms with Crippen molar-refractivity contribution in [2.45, 2.75) is 13.3 Å². The van der Waals surface area contributed by atoms with Crippen LogP contribution < -0.4 is 5.32 Å². The maximum atomic E-state index is 12.1. The van der Waals surface area contributed by atoms with Crippen molar-refractivity contribution in [3.05, 3.63) is 54.4 Å². The first-order valence-corrected chi connectivity index (χ1v) is 9.18. The molecule has 1 aromatic heterocycles. The molecule has 1 N–H and O–H groups in total. The Morgan fingerprint density at radius 2 is 1.64 bits per heavy atom. The third kappa shape index (κ3) is 5.18. The molecule has 25 heavy (non-hydrogen) atoms. The largest absolute Gasteiger partial charge is 0.355 e. The van der Waals surface area contributed by atoms with Crippen molar-refractivity contribution in [2.24, 2.45) is 0 Å². The van der Waals surface area contributed by atoms with E-state index in [0.29, 0.717) is 6.42 Å². The lowest BCUT2D eigenvalue weighted by molar-refractivity contribution is -0.120. The van der Waals surface area contributed by atoms with Gasteiger partial charge >= 0.3 is 0 Å². The van der Waals surface area contributed by atoms with Gasteiger partial charge in [-0.05, 0) is 36.4 Å². The van der Waals surface area contributed by atoms with Gasteiger partial charge in [0.1, 0.15) is 0 Å². The highest BCUT2D eigenvalue weighted by Gasteiger charge is 2.15. The molecule has 2 heterocycles. The van der Waals surface area contributed by atoms with E-state index in [4.69, 9.17) is 0 Å². The van der Waals surface area contributed by atoms with Gasteiger partial charge in [-0.1, -0.05) is 19.1 Å². The Morgan fingerprint density at radius 1 is 1.00 bits per heavy atom. The lowest BCUT2D eigenvalue weighted by atomic mass is 10.1. The highest BCUT2D eigenvalue weighted by atomic mass is 16.1. The molecule has 0 bridgehead atoms. The zero-order valence-electron chi connectivity index (χ0n) is 15.0. The SMILES string of the molecule is CCN1CCN(CCNC(=O)Cc2ccc(-n3cccc3)cc2)CC1. The summed E-state index contributed by atoms with van der Waals surface area (Å²) in [5.74, 6) is 0.0981. The van der Waals surface area contributed by atoms with E-state index in [1.165, 1.54) is 0 Å². The Hall–Kier alpha value is -2.11. The lowest BCUT2D eigenvalue weighted by Crippen LogP contribution is -2.48. The lowest BCUT2D eigenvalue weighted by Gasteiger charge is -2.33. The van der Waals surface area contributed by atoms with Gasteiger partial charge in [0.15, 0.2) is 0 Å². The zero-order valence-corrected chi connectivity index (χ0v) is 15.0. The number of hydrogen-bond acceptors (Lipinski definition) is 3. The second kappa shape index (κ2) is 8.83. The van der Waals surface area contributed by atoms with E-state index >= 15 is 0 Å². The summed E-state index contributed by atoms with van der Waals surface area (Å²) in [6.45, 7) is 9.49. The molecule has 5 nitrogen and oxygen atoms in total. The van der Waals surface area contributed by atoms with Gasteiger partial charge in [0, 0.05) is 57.3 Å². The van der Waals surface area contributed by atoms with Crippen LogP contribution in [-0.4, -0.2) is 66.1 Å². The van der Waals surface area contributed by atoms with E-state index < -0.39 is 0 Å². The second-order valence-corrected chi connectivity index (χ2v) is 6.56. The summed E-state index contributed by atoms with van der Waals surface area (Å²) in [4.78, 5) is 17.0. The normalized spacial score (nSPS) is 16.0. The Balaban J connectivity index is 1.38. The molecular weight excluding hydrogens is 312 g/mol. The Bertz CT molecular complexity index is 643. The molecular formula is C20H28N4O. The number of nitrogens with zero attached hydrogens (tertiary/aromatic N) is 3. The number of benzene rings is 1. The minimum Gasteiger partial charge on any atom is -0.355 e. The van der Waals surface area contributed by atoms with Crippen LogP contribution in [0.2, 0.25) is 0 Å². The van der Waals surface area contributed by atoms with Crippen LogP contribution in [0.5, 0.6) is 0 Å². The Kier molecular flexibility index (Phi) is 6.25. The molecule has 0 aliphatic carbocycles. The second-order valence-electron chi connectivity index (χ2n) is 6.56. The monoisotopic (exact) mass is 340 g/mol. The van der Waals surface area contributed by atoms with Crippen LogP contribution in [0.15, 0.2) is 48.8 Å². The molecule has 1 fully saturated rings. The van der Waals surface area contributed by atoms with Crippen molar-refractivity contribution in [3.63, 3.8) is 0 Å². The number of rotatable bonds is 7. The first-order valence-electron chi connectivity index (χ1n) is 9.18. The van der Waals surface area contributed by atoms with Gasteiger partial charge in [-0.2, -0.15) is 0 Å². The van der Waals surface area contributed by atoms with E-state index in [9.17, 15) is 4.79 Å². The third-order valence-corrected chi connectivity index (χ3v) is 4.87. The minimum atomic E-state index is 0.0981. The van der Waals surface area contributed by atoms with Crippen LogP contribution in [0, 0.1) is 0 Å².